The Morgan fingerprint density at radius 2 is 1.92 bits per heavy atom. The lowest BCUT2D eigenvalue weighted by Gasteiger charge is -2.36. The van der Waals surface area contributed by atoms with E-state index < -0.39 is 5.82 Å². The minimum atomic E-state index is -0.393. The number of hydrogen-bond donors (Lipinski definition) is 0. The second-order valence-corrected chi connectivity index (χ2v) is 6.91. The molecule has 0 radical (unpaired) electrons. The SMILES string of the molecule is O=C(CCl)N1CCN(c2cc3c(cc2F)c(=O)ccn3C2CC2)CC1. The van der Waals surface area contributed by atoms with Gasteiger partial charge in [-0.3, -0.25) is 9.59 Å². The monoisotopic (exact) mass is 363 g/mol. The van der Waals surface area contributed by atoms with Crippen LogP contribution in [0, 0.1) is 5.82 Å². The van der Waals surface area contributed by atoms with Crippen molar-refractivity contribution in [1.82, 2.24) is 9.47 Å². The van der Waals surface area contributed by atoms with Gasteiger partial charge in [0, 0.05) is 49.9 Å². The molecule has 1 amide bonds. The molecule has 132 valence electrons. The number of anilines is 1. The number of aromatic nitrogens is 1. The minimum Gasteiger partial charge on any atom is -0.366 e. The highest BCUT2D eigenvalue weighted by atomic mass is 35.5. The Hall–Kier alpha value is -2.08. The summed E-state index contributed by atoms with van der Waals surface area (Å²) in [6.07, 6.45) is 3.98. The van der Waals surface area contributed by atoms with E-state index >= 15 is 0 Å². The lowest BCUT2D eigenvalue weighted by atomic mass is 10.1. The van der Waals surface area contributed by atoms with Crippen LogP contribution >= 0.6 is 11.6 Å². The van der Waals surface area contributed by atoms with Gasteiger partial charge in [0.25, 0.3) is 0 Å². The fourth-order valence-electron chi connectivity index (χ4n) is 3.47. The maximum atomic E-state index is 14.7. The van der Waals surface area contributed by atoms with Crippen molar-refractivity contribution >= 4 is 34.1 Å². The van der Waals surface area contributed by atoms with Gasteiger partial charge >= 0.3 is 0 Å². The topological polar surface area (TPSA) is 45.6 Å². The van der Waals surface area contributed by atoms with Crippen molar-refractivity contribution in [1.29, 1.82) is 0 Å². The summed E-state index contributed by atoms with van der Waals surface area (Å²) >= 11 is 5.60. The van der Waals surface area contributed by atoms with Crippen molar-refractivity contribution in [2.24, 2.45) is 0 Å². The maximum Gasteiger partial charge on any atom is 0.237 e. The molecule has 25 heavy (non-hydrogen) atoms. The predicted molar refractivity (Wildman–Crippen MR) is 96.0 cm³/mol. The molecule has 2 aromatic rings. The van der Waals surface area contributed by atoms with E-state index in [-0.39, 0.29) is 17.2 Å². The summed E-state index contributed by atoms with van der Waals surface area (Å²) in [5.74, 6) is -0.518. The molecule has 0 spiro atoms. The number of benzene rings is 1. The molecule has 2 aliphatic rings. The van der Waals surface area contributed by atoms with Crippen molar-refractivity contribution in [2.75, 3.05) is 37.0 Å². The normalized spacial score (nSPS) is 18.0. The summed E-state index contributed by atoms with van der Waals surface area (Å²) in [7, 11) is 0. The summed E-state index contributed by atoms with van der Waals surface area (Å²) in [4.78, 5) is 27.4. The summed E-state index contributed by atoms with van der Waals surface area (Å²) < 4.78 is 16.7. The number of carbonyl (C=O) groups is 1. The van der Waals surface area contributed by atoms with Crippen LogP contribution in [0.15, 0.2) is 29.2 Å². The smallest absolute Gasteiger partial charge is 0.237 e. The van der Waals surface area contributed by atoms with Gasteiger partial charge in [0.1, 0.15) is 11.7 Å². The molecular weight excluding hydrogens is 345 g/mol. The summed E-state index contributed by atoms with van der Waals surface area (Å²) in [5, 5.41) is 0.423. The Bertz CT molecular complexity index is 886. The Kier molecular flexibility index (Phi) is 4.15. The van der Waals surface area contributed by atoms with Gasteiger partial charge in [0.15, 0.2) is 5.43 Å². The quantitative estimate of drug-likeness (QED) is 0.786. The summed E-state index contributed by atoms with van der Waals surface area (Å²) in [6.45, 7) is 2.14. The van der Waals surface area contributed by atoms with Gasteiger partial charge in [-0.2, -0.15) is 0 Å². The van der Waals surface area contributed by atoms with E-state index in [1.165, 1.54) is 12.1 Å². The van der Waals surface area contributed by atoms with Crippen LogP contribution in [-0.4, -0.2) is 47.4 Å². The van der Waals surface area contributed by atoms with E-state index in [1.807, 2.05) is 4.90 Å². The number of hydrogen-bond acceptors (Lipinski definition) is 3. The van der Waals surface area contributed by atoms with Gasteiger partial charge in [-0.15, -0.1) is 11.6 Å². The largest absolute Gasteiger partial charge is 0.366 e. The zero-order valence-corrected chi connectivity index (χ0v) is 14.5. The van der Waals surface area contributed by atoms with Gasteiger partial charge in [-0.1, -0.05) is 0 Å². The van der Waals surface area contributed by atoms with Crippen LogP contribution in [0.1, 0.15) is 18.9 Å². The van der Waals surface area contributed by atoms with Crippen LogP contribution in [0.5, 0.6) is 0 Å². The summed E-state index contributed by atoms with van der Waals surface area (Å²) in [6, 6.07) is 5.04. The molecule has 7 heteroatoms. The molecule has 0 atom stereocenters. The number of halogens is 2. The highest BCUT2D eigenvalue weighted by Crippen LogP contribution is 2.37. The Balaban J connectivity index is 1.68. The van der Waals surface area contributed by atoms with E-state index in [4.69, 9.17) is 11.6 Å². The predicted octanol–water partition coefficient (Wildman–Crippen LogP) is 2.36. The number of nitrogens with zero attached hydrogens (tertiary/aromatic N) is 3. The number of rotatable bonds is 3. The van der Waals surface area contributed by atoms with Crippen LogP contribution in [-0.2, 0) is 4.79 Å². The minimum absolute atomic E-state index is 0.0298. The molecule has 1 aliphatic carbocycles. The summed E-state index contributed by atoms with van der Waals surface area (Å²) in [5.41, 5.74) is 1.12. The lowest BCUT2D eigenvalue weighted by Crippen LogP contribution is -2.49. The number of alkyl halides is 1. The van der Waals surface area contributed by atoms with Gasteiger partial charge in [-0.25, -0.2) is 4.39 Å². The second-order valence-electron chi connectivity index (χ2n) is 6.64. The Labute approximate surface area is 149 Å². The Morgan fingerprint density at radius 1 is 1.20 bits per heavy atom. The third-order valence-corrected chi connectivity index (χ3v) is 5.25. The van der Waals surface area contributed by atoms with Gasteiger partial charge in [-0.05, 0) is 25.0 Å². The number of amides is 1. The standard InChI is InChI=1S/C18H19ClFN3O2/c19-11-18(25)22-7-5-21(6-8-22)16-10-15-13(9-14(16)20)17(24)3-4-23(15)12-1-2-12/h3-4,9-10,12H,1-2,5-8,11H2. The van der Waals surface area contributed by atoms with Gasteiger partial charge < -0.3 is 14.4 Å². The van der Waals surface area contributed by atoms with E-state index in [0.717, 1.165) is 18.4 Å². The van der Waals surface area contributed by atoms with E-state index in [2.05, 4.69) is 4.57 Å². The molecule has 2 heterocycles. The van der Waals surface area contributed by atoms with E-state index in [0.29, 0.717) is 43.3 Å². The first-order valence-corrected chi connectivity index (χ1v) is 9.05. The molecule has 1 aromatic carbocycles. The zero-order chi connectivity index (χ0) is 17.6. The lowest BCUT2D eigenvalue weighted by molar-refractivity contribution is -0.128. The van der Waals surface area contributed by atoms with E-state index in [1.54, 1.807) is 17.2 Å². The molecule has 2 fully saturated rings. The molecule has 0 bridgehead atoms. The molecule has 1 aliphatic heterocycles. The number of carbonyl (C=O) groups excluding carboxylic acids is 1. The Morgan fingerprint density at radius 3 is 2.56 bits per heavy atom. The fourth-order valence-corrected chi connectivity index (χ4v) is 3.64. The molecule has 5 nitrogen and oxygen atoms in total. The van der Waals surface area contributed by atoms with E-state index in [9.17, 15) is 14.0 Å². The number of piperazine rings is 1. The third-order valence-electron chi connectivity index (χ3n) is 5.02. The highest BCUT2D eigenvalue weighted by Gasteiger charge is 2.26. The highest BCUT2D eigenvalue weighted by molar-refractivity contribution is 6.27. The molecule has 0 N–H and O–H groups in total. The number of fused-ring (bicyclic) bond motifs is 1. The average Bonchev–Trinajstić information content (AvgIpc) is 3.46. The first kappa shape index (κ1) is 16.4. The van der Waals surface area contributed by atoms with Crippen LogP contribution in [0.25, 0.3) is 10.9 Å². The molecule has 1 saturated carbocycles. The van der Waals surface area contributed by atoms with Crippen molar-refractivity contribution < 1.29 is 9.18 Å². The van der Waals surface area contributed by atoms with Crippen molar-refractivity contribution in [3.63, 3.8) is 0 Å². The van der Waals surface area contributed by atoms with Crippen LogP contribution in [0.3, 0.4) is 0 Å². The zero-order valence-electron chi connectivity index (χ0n) is 13.8. The maximum absolute atomic E-state index is 14.7. The number of pyridine rings is 1. The molecule has 1 aromatic heterocycles. The van der Waals surface area contributed by atoms with Crippen LogP contribution in [0.4, 0.5) is 10.1 Å². The van der Waals surface area contributed by atoms with Crippen LogP contribution in [0.2, 0.25) is 0 Å². The molecular formula is C18H19ClFN3O2. The molecule has 1 saturated heterocycles. The van der Waals surface area contributed by atoms with Crippen LogP contribution < -0.4 is 10.3 Å². The van der Waals surface area contributed by atoms with Gasteiger partial charge in [0.05, 0.1) is 11.2 Å². The third kappa shape index (κ3) is 2.99. The molecule has 0 unspecified atom stereocenters. The second kappa shape index (κ2) is 6.33. The van der Waals surface area contributed by atoms with Gasteiger partial charge in [0.2, 0.25) is 5.91 Å². The first-order chi connectivity index (χ1) is 12.1. The van der Waals surface area contributed by atoms with Crippen molar-refractivity contribution in [2.45, 2.75) is 18.9 Å². The first-order valence-electron chi connectivity index (χ1n) is 8.51. The van der Waals surface area contributed by atoms with Crippen molar-refractivity contribution in [3.8, 4) is 0 Å². The average molecular weight is 364 g/mol. The fraction of sp³-hybridized carbons (Fsp3) is 0.444. The van der Waals surface area contributed by atoms with Crippen molar-refractivity contribution in [3.05, 3.63) is 40.4 Å². The molecule has 4 rings (SSSR count).